The molecule has 0 unspecified atom stereocenters. The average molecular weight is 322 g/mol. The van der Waals surface area contributed by atoms with Crippen LogP contribution in [0.2, 0.25) is 0 Å². The lowest BCUT2D eigenvalue weighted by molar-refractivity contribution is -0.121. The Bertz CT molecular complexity index is 786. The number of carbonyl (C=O) groups excluding carboxylic acids is 2. The zero-order valence-corrected chi connectivity index (χ0v) is 14.5. The number of rotatable bonds is 3. The van der Waals surface area contributed by atoms with Crippen molar-refractivity contribution in [1.29, 1.82) is 0 Å². The number of amides is 2. The summed E-state index contributed by atoms with van der Waals surface area (Å²) >= 11 is 0. The first-order chi connectivity index (χ1) is 11.4. The molecule has 2 amide bonds. The first kappa shape index (κ1) is 16.2. The third kappa shape index (κ3) is 2.92. The molecule has 1 heterocycles. The lowest BCUT2D eigenvalue weighted by Gasteiger charge is -2.21. The van der Waals surface area contributed by atoms with Gasteiger partial charge in [0, 0.05) is 5.69 Å². The summed E-state index contributed by atoms with van der Waals surface area (Å²) in [4.78, 5) is 26.7. The van der Waals surface area contributed by atoms with Gasteiger partial charge < -0.3 is 5.32 Å². The number of anilines is 2. The van der Waals surface area contributed by atoms with Crippen molar-refractivity contribution in [2.75, 3.05) is 10.2 Å². The normalized spacial score (nSPS) is 17.5. The predicted octanol–water partition coefficient (Wildman–Crippen LogP) is 3.66. The molecule has 0 spiro atoms. The maximum absolute atomic E-state index is 12.8. The molecular formula is C20H22N2O2. The van der Waals surface area contributed by atoms with Crippen molar-refractivity contribution >= 4 is 23.2 Å². The van der Waals surface area contributed by atoms with Crippen molar-refractivity contribution in [3.05, 3.63) is 58.7 Å². The predicted molar refractivity (Wildman–Crippen MR) is 96.4 cm³/mol. The van der Waals surface area contributed by atoms with Gasteiger partial charge in [-0.05, 0) is 51.0 Å². The van der Waals surface area contributed by atoms with Crippen LogP contribution in [-0.2, 0) is 9.59 Å². The highest BCUT2D eigenvalue weighted by atomic mass is 16.2. The molecular weight excluding hydrogens is 300 g/mol. The van der Waals surface area contributed by atoms with E-state index >= 15 is 0 Å². The summed E-state index contributed by atoms with van der Waals surface area (Å²) in [5.41, 5.74) is 5.76. The van der Waals surface area contributed by atoms with Crippen LogP contribution in [-0.4, -0.2) is 17.9 Å². The van der Waals surface area contributed by atoms with Gasteiger partial charge in [0.25, 0.3) is 5.91 Å². The molecule has 2 aromatic rings. The fraction of sp³-hybridized carbons (Fsp3) is 0.300. The summed E-state index contributed by atoms with van der Waals surface area (Å²) < 4.78 is 0. The number of imide groups is 1. The summed E-state index contributed by atoms with van der Waals surface area (Å²) in [7, 11) is 0. The molecule has 1 saturated heterocycles. The molecule has 0 bridgehead atoms. The molecule has 0 radical (unpaired) electrons. The van der Waals surface area contributed by atoms with E-state index < -0.39 is 6.04 Å². The minimum atomic E-state index is -0.514. The summed E-state index contributed by atoms with van der Waals surface area (Å²) in [6, 6.07) is 11.3. The van der Waals surface area contributed by atoms with Gasteiger partial charge in [0.1, 0.15) is 6.04 Å². The molecule has 1 atom stereocenters. The minimum absolute atomic E-state index is 0.153. The van der Waals surface area contributed by atoms with Gasteiger partial charge in [0.05, 0.1) is 12.1 Å². The minimum Gasteiger partial charge on any atom is -0.373 e. The van der Waals surface area contributed by atoms with E-state index in [9.17, 15) is 9.59 Å². The fourth-order valence-electron chi connectivity index (χ4n) is 3.36. The van der Waals surface area contributed by atoms with Crippen molar-refractivity contribution in [3.63, 3.8) is 0 Å². The van der Waals surface area contributed by atoms with Crippen LogP contribution in [0.4, 0.5) is 11.4 Å². The molecule has 4 nitrogen and oxygen atoms in total. The van der Waals surface area contributed by atoms with Crippen molar-refractivity contribution in [2.45, 2.75) is 40.2 Å². The topological polar surface area (TPSA) is 49.4 Å². The van der Waals surface area contributed by atoms with Gasteiger partial charge in [-0.2, -0.15) is 0 Å². The lowest BCUT2D eigenvalue weighted by atomic mass is 10.0. The Morgan fingerprint density at radius 3 is 2.08 bits per heavy atom. The van der Waals surface area contributed by atoms with Crippen molar-refractivity contribution in [2.24, 2.45) is 0 Å². The van der Waals surface area contributed by atoms with Crippen LogP contribution in [0.1, 0.15) is 28.7 Å². The fourth-order valence-corrected chi connectivity index (χ4v) is 3.36. The number of hydrogen-bond acceptors (Lipinski definition) is 3. The number of benzene rings is 2. The smallest absolute Gasteiger partial charge is 0.256 e. The standard InChI is InChI=1S/C20H22N2O2/c1-12-5-7-16(8-6-12)21-17-11-18(23)22(20(17)24)19-14(3)9-13(2)10-15(19)4/h5-10,17,21H,11H2,1-4H3/t17-/m1/s1. The van der Waals surface area contributed by atoms with Gasteiger partial charge >= 0.3 is 0 Å². The second kappa shape index (κ2) is 6.11. The van der Waals surface area contributed by atoms with Gasteiger partial charge in [-0.15, -0.1) is 0 Å². The second-order valence-electron chi connectivity index (χ2n) is 6.58. The summed E-state index contributed by atoms with van der Waals surface area (Å²) in [5.74, 6) is -0.338. The van der Waals surface area contributed by atoms with Gasteiger partial charge in [-0.1, -0.05) is 35.4 Å². The second-order valence-corrected chi connectivity index (χ2v) is 6.58. The van der Waals surface area contributed by atoms with E-state index in [-0.39, 0.29) is 18.2 Å². The molecule has 0 saturated carbocycles. The number of hydrogen-bond donors (Lipinski definition) is 1. The Labute approximate surface area is 142 Å². The number of carbonyl (C=O) groups is 2. The van der Waals surface area contributed by atoms with Crippen LogP contribution >= 0.6 is 0 Å². The van der Waals surface area contributed by atoms with E-state index in [1.165, 1.54) is 4.90 Å². The SMILES string of the molecule is Cc1ccc(N[C@@H]2CC(=O)N(c3c(C)cc(C)cc3C)C2=O)cc1. The molecule has 1 fully saturated rings. The van der Waals surface area contributed by atoms with E-state index in [2.05, 4.69) is 5.32 Å². The largest absolute Gasteiger partial charge is 0.373 e. The first-order valence-electron chi connectivity index (χ1n) is 8.14. The van der Waals surface area contributed by atoms with E-state index in [0.29, 0.717) is 0 Å². The summed E-state index contributed by atoms with van der Waals surface area (Å²) in [6.07, 6.45) is 0.180. The summed E-state index contributed by atoms with van der Waals surface area (Å²) in [6.45, 7) is 7.91. The molecule has 1 aliphatic heterocycles. The van der Waals surface area contributed by atoms with Crippen LogP contribution < -0.4 is 10.2 Å². The van der Waals surface area contributed by atoms with Crippen LogP contribution in [0.15, 0.2) is 36.4 Å². The maximum atomic E-state index is 12.8. The number of nitrogens with zero attached hydrogens (tertiary/aromatic N) is 1. The van der Waals surface area contributed by atoms with E-state index in [1.54, 1.807) is 0 Å². The molecule has 0 aliphatic carbocycles. The molecule has 4 heteroatoms. The van der Waals surface area contributed by atoms with Gasteiger partial charge in [-0.3, -0.25) is 9.59 Å². The van der Waals surface area contributed by atoms with Crippen molar-refractivity contribution in [3.8, 4) is 0 Å². The highest BCUT2D eigenvalue weighted by Gasteiger charge is 2.40. The zero-order valence-electron chi connectivity index (χ0n) is 14.5. The average Bonchev–Trinajstić information content (AvgIpc) is 2.76. The number of aryl methyl sites for hydroxylation is 4. The monoisotopic (exact) mass is 322 g/mol. The number of nitrogens with one attached hydrogen (secondary N) is 1. The van der Waals surface area contributed by atoms with E-state index in [4.69, 9.17) is 0 Å². The third-order valence-electron chi connectivity index (χ3n) is 4.40. The molecule has 2 aromatic carbocycles. The van der Waals surface area contributed by atoms with Crippen LogP contribution in [0.25, 0.3) is 0 Å². The highest BCUT2D eigenvalue weighted by molar-refractivity contribution is 6.23. The lowest BCUT2D eigenvalue weighted by Crippen LogP contribution is -2.35. The Balaban J connectivity index is 1.88. The molecule has 0 aromatic heterocycles. The Morgan fingerprint density at radius 2 is 1.50 bits per heavy atom. The Hall–Kier alpha value is -2.62. The van der Waals surface area contributed by atoms with Gasteiger partial charge in [0.2, 0.25) is 5.91 Å². The molecule has 24 heavy (non-hydrogen) atoms. The van der Waals surface area contributed by atoms with Crippen LogP contribution in [0.3, 0.4) is 0 Å². The zero-order chi connectivity index (χ0) is 17.4. The molecule has 124 valence electrons. The highest BCUT2D eigenvalue weighted by Crippen LogP contribution is 2.31. The summed E-state index contributed by atoms with van der Waals surface area (Å²) in [5, 5.41) is 3.19. The molecule has 3 rings (SSSR count). The molecule has 1 N–H and O–H groups in total. The van der Waals surface area contributed by atoms with E-state index in [0.717, 1.165) is 33.6 Å². The van der Waals surface area contributed by atoms with Gasteiger partial charge in [-0.25, -0.2) is 4.90 Å². The third-order valence-corrected chi connectivity index (χ3v) is 4.40. The van der Waals surface area contributed by atoms with Crippen molar-refractivity contribution in [1.82, 2.24) is 0 Å². The van der Waals surface area contributed by atoms with Crippen LogP contribution in [0, 0.1) is 27.7 Å². The van der Waals surface area contributed by atoms with Crippen LogP contribution in [0.5, 0.6) is 0 Å². The maximum Gasteiger partial charge on any atom is 0.256 e. The Kier molecular flexibility index (Phi) is 4.14. The molecule has 1 aliphatic rings. The quantitative estimate of drug-likeness (QED) is 0.877. The Morgan fingerprint density at radius 1 is 0.917 bits per heavy atom. The first-order valence-corrected chi connectivity index (χ1v) is 8.14. The van der Waals surface area contributed by atoms with Gasteiger partial charge in [0.15, 0.2) is 0 Å². The van der Waals surface area contributed by atoms with Crippen molar-refractivity contribution < 1.29 is 9.59 Å². The van der Waals surface area contributed by atoms with E-state index in [1.807, 2.05) is 64.1 Å².